The second kappa shape index (κ2) is 5.31. The molecule has 0 saturated heterocycles. The van der Waals surface area contributed by atoms with E-state index >= 15 is 0 Å². The Morgan fingerprint density at radius 3 is 2.67 bits per heavy atom. The van der Waals surface area contributed by atoms with E-state index < -0.39 is 4.92 Å². The number of nitrogens with zero attached hydrogens (tertiary/aromatic N) is 3. The zero-order chi connectivity index (χ0) is 13.0. The maximum absolute atomic E-state index is 10.5. The van der Waals surface area contributed by atoms with Crippen LogP contribution in [-0.4, -0.2) is 21.0 Å². The van der Waals surface area contributed by atoms with Gasteiger partial charge in [0, 0.05) is 38.1 Å². The van der Waals surface area contributed by atoms with Crippen LogP contribution in [0, 0.1) is 10.1 Å². The van der Waals surface area contributed by atoms with Gasteiger partial charge in [-0.05, 0) is 12.0 Å². The molecule has 0 unspecified atom stereocenters. The number of nitro groups is 1. The van der Waals surface area contributed by atoms with Gasteiger partial charge in [-0.1, -0.05) is 12.1 Å². The van der Waals surface area contributed by atoms with Crippen LogP contribution in [0.25, 0.3) is 0 Å². The topological polar surface area (TPSA) is 73.0 Å². The highest BCUT2D eigenvalue weighted by atomic mass is 16.6. The molecule has 0 atom stereocenters. The van der Waals surface area contributed by atoms with E-state index in [1.807, 2.05) is 17.8 Å². The van der Waals surface area contributed by atoms with Crippen molar-refractivity contribution in [2.45, 2.75) is 6.42 Å². The molecular weight excluding hydrogens is 232 g/mol. The van der Waals surface area contributed by atoms with E-state index in [0.29, 0.717) is 0 Å². The van der Waals surface area contributed by atoms with Gasteiger partial charge in [0.2, 0.25) is 5.95 Å². The summed E-state index contributed by atoms with van der Waals surface area (Å²) in [6.07, 6.45) is 4.40. The summed E-state index contributed by atoms with van der Waals surface area (Å²) in [6, 6.07) is 6.60. The molecule has 0 saturated carbocycles. The van der Waals surface area contributed by atoms with Crippen LogP contribution in [0.2, 0.25) is 0 Å². The van der Waals surface area contributed by atoms with Crippen molar-refractivity contribution >= 4 is 11.6 Å². The standard InChI is InChI=1S/C12H14N4O2/c1-15-9-8-14-12(15)13-7-6-10-2-4-11(5-3-10)16(17)18/h2-5,8-9H,6-7H2,1H3,(H,13,14). The first kappa shape index (κ1) is 12.1. The number of imidazole rings is 1. The molecule has 0 fully saturated rings. The van der Waals surface area contributed by atoms with Gasteiger partial charge in [0.05, 0.1) is 4.92 Å². The number of anilines is 1. The molecule has 6 nitrogen and oxygen atoms in total. The summed E-state index contributed by atoms with van der Waals surface area (Å²) >= 11 is 0. The number of aromatic nitrogens is 2. The number of nitrogens with one attached hydrogen (secondary N) is 1. The van der Waals surface area contributed by atoms with Gasteiger partial charge in [-0.3, -0.25) is 10.1 Å². The predicted octanol–water partition coefficient (Wildman–Crippen LogP) is 1.98. The lowest BCUT2D eigenvalue weighted by molar-refractivity contribution is -0.384. The molecule has 1 N–H and O–H groups in total. The van der Waals surface area contributed by atoms with E-state index in [0.717, 1.165) is 24.5 Å². The first-order valence-electron chi connectivity index (χ1n) is 5.61. The van der Waals surface area contributed by atoms with Gasteiger partial charge in [-0.2, -0.15) is 0 Å². The fraction of sp³-hybridized carbons (Fsp3) is 0.250. The van der Waals surface area contributed by atoms with Gasteiger partial charge >= 0.3 is 0 Å². The van der Waals surface area contributed by atoms with Gasteiger partial charge in [0.1, 0.15) is 0 Å². The van der Waals surface area contributed by atoms with E-state index in [-0.39, 0.29) is 5.69 Å². The molecule has 2 aromatic rings. The van der Waals surface area contributed by atoms with Gasteiger partial charge < -0.3 is 9.88 Å². The fourth-order valence-corrected chi connectivity index (χ4v) is 1.64. The molecule has 1 aromatic carbocycles. The minimum atomic E-state index is -0.393. The smallest absolute Gasteiger partial charge is 0.269 e. The van der Waals surface area contributed by atoms with E-state index in [9.17, 15) is 10.1 Å². The Hall–Kier alpha value is -2.37. The molecule has 0 radical (unpaired) electrons. The van der Waals surface area contributed by atoms with E-state index in [4.69, 9.17) is 0 Å². The zero-order valence-corrected chi connectivity index (χ0v) is 10.0. The van der Waals surface area contributed by atoms with E-state index in [1.165, 1.54) is 12.1 Å². The minimum absolute atomic E-state index is 0.121. The number of non-ortho nitro benzene ring substituents is 1. The number of benzene rings is 1. The van der Waals surface area contributed by atoms with Crippen molar-refractivity contribution in [3.63, 3.8) is 0 Å². The van der Waals surface area contributed by atoms with Crippen LogP contribution in [0.15, 0.2) is 36.7 Å². The maximum atomic E-state index is 10.5. The third kappa shape index (κ3) is 2.85. The Kier molecular flexibility index (Phi) is 3.57. The zero-order valence-electron chi connectivity index (χ0n) is 10.0. The summed E-state index contributed by atoms with van der Waals surface area (Å²) in [5.74, 6) is 0.817. The van der Waals surface area contributed by atoms with Crippen LogP contribution < -0.4 is 5.32 Å². The van der Waals surface area contributed by atoms with Crippen LogP contribution in [0.4, 0.5) is 11.6 Å². The van der Waals surface area contributed by atoms with Crippen molar-refractivity contribution in [1.82, 2.24) is 9.55 Å². The lowest BCUT2D eigenvalue weighted by atomic mass is 10.1. The van der Waals surface area contributed by atoms with Crippen LogP contribution in [0.5, 0.6) is 0 Å². The lowest BCUT2D eigenvalue weighted by Gasteiger charge is -2.05. The monoisotopic (exact) mass is 246 g/mol. The first-order valence-corrected chi connectivity index (χ1v) is 5.61. The lowest BCUT2D eigenvalue weighted by Crippen LogP contribution is -2.08. The van der Waals surface area contributed by atoms with Crippen LogP contribution in [-0.2, 0) is 13.5 Å². The second-order valence-electron chi connectivity index (χ2n) is 3.96. The number of nitro benzene ring substituents is 1. The van der Waals surface area contributed by atoms with Gasteiger partial charge in [-0.25, -0.2) is 4.98 Å². The molecule has 0 aliphatic heterocycles. The summed E-state index contributed by atoms with van der Waals surface area (Å²) in [7, 11) is 1.92. The molecule has 0 amide bonds. The summed E-state index contributed by atoms with van der Waals surface area (Å²) in [4.78, 5) is 14.3. The molecule has 0 bridgehead atoms. The van der Waals surface area contributed by atoms with Crippen LogP contribution in [0.3, 0.4) is 0 Å². The second-order valence-corrected chi connectivity index (χ2v) is 3.96. The van der Waals surface area contributed by atoms with Crippen molar-refractivity contribution < 1.29 is 4.92 Å². The minimum Gasteiger partial charge on any atom is -0.355 e. The summed E-state index contributed by atoms with van der Waals surface area (Å²) in [6.45, 7) is 0.739. The van der Waals surface area contributed by atoms with Crippen molar-refractivity contribution in [3.8, 4) is 0 Å². The molecule has 2 rings (SSSR count). The average molecular weight is 246 g/mol. The molecule has 1 heterocycles. The highest BCUT2D eigenvalue weighted by Crippen LogP contribution is 2.12. The summed E-state index contributed by atoms with van der Waals surface area (Å²) < 4.78 is 1.90. The molecule has 1 aromatic heterocycles. The number of aryl methyl sites for hydroxylation is 1. The predicted molar refractivity (Wildman–Crippen MR) is 68.5 cm³/mol. The van der Waals surface area contributed by atoms with Gasteiger partial charge in [0.15, 0.2) is 0 Å². The Morgan fingerprint density at radius 1 is 1.39 bits per heavy atom. The van der Waals surface area contributed by atoms with Crippen LogP contribution in [0.1, 0.15) is 5.56 Å². The van der Waals surface area contributed by atoms with Crippen molar-refractivity contribution in [2.75, 3.05) is 11.9 Å². The van der Waals surface area contributed by atoms with Crippen molar-refractivity contribution in [1.29, 1.82) is 0 Å². The van der Waals surface area contributed by atoms with Crippen molar-refractivity contribution in [2.24, 2.45) is 7.05 Å². The third-order valence-electron chi connectivity index (χ3n) is 2.67. The Morgan fingerprint density at radius 2 is 2.11 bits per heavy atom. The number of hydrogen-bond acceptors (Lipinski definition) is 4. The molecule has 0 aliphatic carbocycles. The first-order chi connectivity index (χ1) is 8.66. The highest BCUT2D eigenvalue weighted by Gasteiger charge is 2.04. The quantitative estimate of drug-likeness (QED) is 0.646. The molecule has 0 aliphatic rings. The highest BCUT2D eigenvalue weighted by molar-refractivity contribution is 5.33. The van der Waals surface area contributed by atoms with Gasteiger partial charge in [0.25, 0.3) is 5.69 Å². The number of rotatable bonds is 5. The maximum Gasteiger partial charge on any atom is 0.269 e. The fourth-order valence-electron chi connectivity index (χ4n) is 1.64. The van der Waals surface area contributed by atoms with Crippen molar-refractivity contribution in [3.05, 3.63) is 52.3 Å². The molecule has 18 heavy (non-hydrogen) atoms. The molecular formula is C12H14N4O2. The number of hydrogen-bond donors (Lipinski definition) is 1. The Balaban J connectivity index is 1.87. The van der Waals surface area contributed by atoms with E-state index in [1.54, 1.807) is 18.3 Å². The van der Waals surface area contributed by atoms with Crippen LogP contribution >= 0.6 is 0 Å². The summed E-state index contributed by atoms with van der Waals surface area (Å²) in [5.41, 5.74) is 1.18. The average Bonchev–Trinajstić information content (AvgIpc) is 2.76. The SMILES string of the molecule is Cn1ccnc1NCCc1ccc([N+](=O)[O-])cc1. The normalized spacial score (nSPS) is 10.3. The molecule has 0 spiro atoms. The molecule has 94 valence electrons. The Labute approximate surface area is 104 Å². The van der Waals surface area contributed by atoms with E-state index in [2.05, 4.69) is 10.3 Å². The third-order valence-corrected chi connectivity index (χ3v) is 2.67. The summed E-state index contributed by atoms with van der Waals surface area (Å²) in [5, 5.41) is 13.7. The Bertz CT molecular complexity index is 533. The largest absolute Gasteiger partial charge is 0.355 e. The van der Waals surface area contributed by atoms with Gasteiger partial charge in [-0.15, -0.1) is 0 Å². The molecule has 6 heteroatoms.